The van der Waals surface area contributed by atoms with E-state index in [0.717, 1.165) is 50.7 Å². The molecule has 1 aromatic heterocycles. The summed E-state index contributed by atoms with van der Waals surface area (Å²) in [6.07, 6.45) is 5.16. The van der Waals surface area contributed by atoms with Gasteiger partial charge < -0.3 is 15.5 Å². The molecular formula is C24H35N5. The lowest BCUT2D eigenvalue weighted by Crippen LogP contribution is -2.50. The highest BCUT2D eigenvalue weighted by Crippen LogP contribution is 2.21. The van der Waals surface area contributed by atoms with Gasteiger partial charge in [0.15, 0.2) is 5.96 Å². The molecule has 156 valence electrons. The molecule has 5 nitrogen and oxygen atoms in total. The van der Waals surface area contributed by atoms with Crippen molar-refractivity contribution < 1.29 is 0 Å². The van der Waals surface area contributed by atoms with Gasteiger partial charge in [-0.2, -0.15) is 0 Å². The molecule has 0 saturated carbocycles. The van der Waals surface area contributed by atoms with E-state index in [1.54, 1.807) is 0 Å². The maximum absolute atomic E-state index is 4.56. The molecule has 0 bridgehead atoms. The Kier molecular flexibility index (Phi) is 7.13. The summed E-state index contributed by atoms with van der Waals surface area (Å²) in [6.45, 7) is 9.59. The topological polar surface area (TPSA) is 52.6 Å². The molecule has 0 unspecified atom stereocenters. The Morgan fingerprint density at radius 1 is 1.14 bits per heavy atom. The third-order valence-electron chi connectivity index (χ3n) is 5.54. The first kappa shape index (κ1) is 21.2. The van der Waals surface area contributed by atoms with E-state index in [1.165, 1.54) is 11.1 Å². The first-order valence-corrected chi connectivity index (χ1v) is 10.6. The minimum atomic E-state index is 0.152. The largest absolute Gasteiger partial charge is 0.356 e. The summed E-state index contributed by atoms with van der Waals surface area (Å²) < 4.78 is 0. The molecule has 1 saturated heterocycles. The van der Waals surface area contributed by atoms with Crippen LogP contribution in [-0.4, -0.2) is 43.7 Å². The number of piperidine rings is 1. The molecule has 29 heavy (non-hydrogen) atoms. The van der Waals surface area contributed by atoms with Crippen molar-refractivity contribution in [3.8, 4) is 0 Å². The number of pyridine rings is 1. The van der Waals surface area contributed by atoms with Gasteiger partial charge in [-0.1, -0.05) is 50.2 Å². The molecule has 0 amide bonds. The Morgan fingerprint density at radius 3 is 2.48 bits per heavy atom. The number of aryl methyl sites for hydroxylation is 1. The number of nitrogens with zero attached hydrogens (tertiary/aromatic N) is 3. The van der Waals surface area contributed by atoms with Crippen LogP contribution < -0.4 is 15.5 Å². The van der Waals surface area contributed by atoms with E-state index in [-0.39, 0.29) is 5.41 Å². The molecule has 0 atom stereocenters. The molecular weight excluding hydrogens is 358 g/mol. The van der Waals surface area contributed by atoms with Crippen LogP contribution in [0.1, 0.15) is 37.8 Å². The van der Waals surface area contributed by atoms with Crippen LogP contribution in [0.4, 0.5) is 5.82 Å². The highest BCUT2D eigenvalue weighted by atomic mass is 15.2. The average molecular weight is 394 g/mol. The van der Waals surface area contributed by atoms with Crippen molar-refractivity contribution in [3.63, 3.8) is 0 Å². The number of rotatable bonds is 6. The predicted octanol–water partition coefficient (Wildman–Crippen LogP) is 3.79. The summed E-state index contributed by atoms with van der Waals surface area (Å²) >= 11 is 0. The third kappa shape index (κ3) is 6.48. The number of aliphatic imine (C=N–C) groups is 1. The van der Waals surface area contributed by atoms with Crippen molar-refractivity contribution in [2.45, 2.75) is 46.1 Å². The molecule has 2 aromatic rings. The summed E-state index contributed by atoms with van der Waals surface area (Å²) in [5.74, 6) is 1.98. The molecule has 0 spiro atoms. The van der Waals surface area contributed by atoms with Gasteiger partial charge in [-0.25, -0.2) is 4.98 Å². The second-order valence-corrected chi connectivity index (χ2v) is 8.85. The van der Waals surface area contributed by atoms with Crippen LogP contribution in [0.5, 0.6) is 0 Å². The van der Waals surface area contributed by atoms with Crippen LogP contribution in [0, 0.1) is 12.3 Å². The Labute approximate surface area is 175 Å². The van der Waals surface area contributed by atoms with E-state index in [4.69, 9.17) is 0 Å². The molecule has 3 rings (SSSR count). The van der Waals surface area contributed by atoms with Crippen molar-refractivity contribution in [1.29, 1.82) is 0 Å². The minimum absolute atomic E-state index is 0.152. The molecule has 1 aliphatic heterocycles. The standard InChI is InChI=1S/C24H35N5/c1-19-10-11-22(26-17-19)29-14-12-21(13-15-29)28-23(25-4)27-18-24(2,3)16-20-8-6-5-7-9-20/h5-11,17,21H,12-16,18H2,1-4H3,(H2,25,27,28). The summed E-state index contributed by atoms with van der Waals surface area (Å²) in [7, 11) is 1.85. The Morgan fingerprint density at radius 2 is 1.86 bits per heavy atom. The average Bonchev–Trinajstić information content (AvgIpc) is 2.72. The fourth-order valence-electron chi connectivity index (χ4n) is 3.82. The number of benzene rings is 1. The zero-order valence-corrected chi connectivity index (χ0v) is 18.3. The van der Waals surface area contributed by atoms with Crippen LogP contribution in [0.3, 0.4) is 0 Å². The monoisotopic (exact) mass is 393 g/mol. The van der Waals surface area contributed by atoms with Gasteiger partial charge in [0.05, 0.1) is 0 Å². The molecule has 1 aromatic carbocycles. The number of anilines is 1. The Hall–Kier alpha value is -2.56. The van der Waals surface area contributed by atoms with Crippen LogP contribution in [0.15, 0.2) is 53.7 Å². The summed E-state index contributed by atoms with van der Waals surface area (Å²) in [5.41, 5.74) is 2.73. The zero-order valence-electron chi connectivity index (χ0n) is 18.3. The van der Waals surface area contributed by atoms with Gasteiger partial charge in [-0.15, -0.1) is 0 Å². The van der Waals surface area contributed by atoms with Gasteiger partial charge >= 0.3 is 0 Å². The van der Waals surface area contributed by atoms with E-state index in [0.29, 0.717) is 6.04 Å². The van der Waals surface area contributed by atoms with Crippen molar-refractivity contribution in [2.75, 3.05) is 31.6 Å². The maximum atomic E-state index is 4.56. The smallest absolute Gasteiger partial charge is 0.191 e. The number of hydrogen-bond donors (Lipinski definition) is 2. The zero-order chi connectivity index (χ0) is 20.7. The lowest BCUT2D eigenvalue weighted by atomic mass is 9.86. The van der Waals surface area contributed by atoms with E-state index < -0.39 is 0 Å². The number of aromatic nitrogens is 1. The van der Waals surface area contributed by atoms with Crippen LogP contribution in [0.2, 0.25) is 0 Å². The summed E-state index contributed by atoms with van der Waals surface area (Å²) in [6, 6.07) is 15.4. The molecule has 2 N–H and O–H groups in total. The van der Waals surface area contributed by atoms with E-state index in [1.807, 2.05) is 13.2 Å². The molecule has 5 heteroatoms. The second-order valence-electron chi connectivity index (χ2n) is 8.85. The van der Waals surface area contributed by atoms with Gasteiger partial charge in [0.1, 0.15) is 5.82 Å². The van der Waals surface area contributed by atoms with Crippen LogP contribution >= 0.6 is 0 Å². The van der Waals surface area contributed by atoms with Crippen molar-refractivity contribution in [2.24, 2.45) is 10.4 Å². The van der Waals surface area contributed by atoms with E-state index in [2.05, 4.69) is 88.7 Å². The highest BCUT2D eigenvalue weighted by Gasteiger charge is 2.22. The first-order chi connectivity index (χ1) is 13.9. The van der Waals surface area contributed by atoms with Gasteiger partial charge in [-0.3, -0.25) is 4.99 Å². The number of nitrogens with one attached hydrogen (secondary N) is 2. The normalized spacial score (nSPS) is 16.0. The van der Waals surface area contributed by atoms with E-state index in [9.17, 15) is 0 Å². The van der Waals surface area contributed by atoms with Crippen LogP contribution in [0.25, 0.3) is 0 Å². The quantitative estimate of drug-likeness (QED) is 0.579. The lowest BCUT2D eigenvalue weighted by molar-refractivity contribution is 0.356. The number of guanidine groups is 1. The van der Waals surface area contributed by atoms with Gasteiger partial charge in [-0.05, 0) is 48.8 Å². The molecule has 1 aliphatic rings. The van der Waals surface area contributed by atoms with Crippen LogP contribution in [-0.2, 0) is 6.42 Å². The Bertz CT molecular complexity index is 775. The summed E-state index contributed by atoms with van der Waals surface area (Å²) in [4.78, 5) is 11.4. The minimum Gasteiger partial charge on any atom is -0.356 e. The molecule has 1 fully saturated rings. The fraction of sp³-hybridized carbons (Fsp3) is 0.500. The highest BCUT2D eigenvalue weighted by molar-refractivity contribution is 5.80. The van der Waals surface area contributed by atoms with E-state index >= 15 is 0 Å². The molecule has 0 radical (unpaired) electrons. The van der Waals surface area contributed by atoms with Crippen molar-refractivity contribution >= 4 is 11.8 Å². The second kappa shape index (κ2) is 9.77. The maximum Gasteiger partial charge on any atom is 0.191 e. The van der Waals surface area contributed by atoms with Crippen molar-refractivity contribution in [1.82, 2.24) is 15.6 Å². The van der Waals surface area contributed by atoms with Crippen molar-refractivity contribution in [3.05, 3.63) is 59.8 Å². The number of hydrogen-bond acceptors (Lipinski definition) is 3. The van der Waals surface area contributed by atoms with Gasteiger partial charge in [0.25, 0.3) is 0 Å². The van der Waals surface area contributed by atoms with Gasteiger partial charge in [0, 0.05) is 38.9 Å². The third-order valence-corrected chi connectivity index (χ3v) is 5.54. The molecule has 2 heterocycles. The predicted molar refractivity (Wildman–Crippen MR) is 123 cm³/mol. The SMILES string of the molecule is CN=C(NCC(C)(C)Cc1ccccc1)NC1CCN(c2ccc(C)cn2)CC1. The molecule has 0 aliphatic carbocycles. The Balaban J connectivity index is 1.45. The first-order valence-electron chi connectivity index (χ1n) is 10.6. The lowest BCUT2D eigenvalue weighted by Gasteiger charge is -2.34. The summed E-state index contributed by atoms with van der Waals surface area (Å²) in [5, 5.41) is 7.15. The fourth-order valence-corrected chi connectivity index (χ4v) is 3.82. The van der Waals surface area contributed by atoms with Gasteiger partial charge in [0.2, 0.25) is 0 Å².